The minimum absolute atomic E-state index is 0.0281. The number of hydrogen-bond acceptors (Lipinski definition) is 4. The third-order valence-corrected chi connectivity index (χ3v) is 2.20. The summed E-state index contributed by atoms with van der Waals surface area (Å²) in [5, 5.41) is 0. The highest BCUT2D eigenvalue weighted by molar-refractivity contribution is 5.86. The van der Waals surface area contributed by atoms with Crippen molar-refractivity contribution in [2.45, 2.75) is 25.8 Å². The van der Waals surface area contributed by atoms with Crippen molar-refractivity contribution in [1.29, 1.82) is 0 Å². The molecule has 2 N–H and O–H groups in total. The fraction of sp³-hybridized carbons (Fsp3) is 0.778. The molecule has 1 aliphatic rings. The summed E-state index contributed by atoms with van der Waals surface area (Å²) in [6.07, 6.45) is 1.56. The van der Waals surface area contributed by atoms with E-state index >= 15 is 0 Å². The van der Waals surface area contributed by atoms with Crippen molar-refractivity contribution in [1.82, 2.24) is 4.90 Å². The molecular formula is C9H16N2O3. The Morgan fingerprint density at radius 1 is 1.71 bits per heavy atom. The molecule has 0 spiro atoms. The van der Waals surface area contributed by atoms with Crippen LogP contribution < -0.4 is 5.73 Å². The summed E-state index contributed by atoms with van der Waals surface area (Å²) >= 11 is 0. The van der Waals surface area contributed by atoms with Crippen LogP contribution in [0.5, 0.6) is 0 Å². The number of likely N-dealkylation sites (tertiary alicyclic amines) is 1. The Kier molecular flexibility index (Phi) is 3.88. The first-order valence-electron chi connectivity index (χ1n) is 4.85. The minimum Gasteiger partial charge on any atom is -0.465 e. The highest BCUT2D eigenvalue weighted by Gasteiger charge is 2.27. The van der Waals surface area contributed by atoms with Crippen LogP contribution in [-0.2, 0) is 14.3 Å². The van der Waals surface area contributed by atoms with Crippen LogP contribution in [0.1, 0.15) is 19.8 Å². The van der Waals surface area contributed by atoms with Gasteiger partial charge >= 0.3 is 5.97 Å². The molecule has 80 valence electrons. The molecule has 1 fully saturated rings. The highest BCUT2D eigenvalue weighted by atomic mass is 16.5. The van der Waals surface area contributed by atoms with Gasteiger partial charge in [0, 0.05) is 6.54 Å². The molecule has 1 rings (SSSR count). The zero-order valence-electron chi connectivity index (χ0n) is 8.36. The third-order valence-electron chi connectivity index (χ3n) is 2.20. The van der Waals surface area contributed by atoms with Crippen LogP contribution in [0.25, 0.3) is 0 Å². The molecule has 5 nitrogen and oxygen atoms in total. The number of nitrogens with two attached hydrogens (primary N) is 1. The molecule has 0 saturated carbocycles. The minimum atomic E-state index is -0.446. The molecule has 5 heteroatoms. The second-order valence-electron chi connectivity index (χ2n) is 3.31. The van der Waals surface area contributed by atoms with Gasteiger partial charge in [-0.2, -0.15) is 0 Å². The fourth-order valence-electron chi connectivity index (χ4n) is 1.49. The van der Waals surface area contributed by atoms with Gasteiger partial charge in [0.15, 0.2) is 0 Å². The Labute approximate surface area is 83.2 Å². The van der Waals surface area contributed by atoms with Crippen LogP contribution in [0.2, 0.25) is 0 Å². The predicted molar refractivity (Wildman–Crippen MR) is 50.4 cm³/mol. The van der Waals surface area contributed by atoms with Crippen LogP contribution in [-0.4, -0.2) is 42.5 Å². The van der Waals surface area contributed by atoms with E-state index in [1.807, 2.05) is 0 Å². The smallest absolute Gasteiger partial charge is 0.325 e. The van der Waals surface area contributed by atoms with Gasteiger partial charge in [-0.15, -0.1) is 0 Å². The number of ether oxygens (including phenoxy) is 1. The molecule has 1 heterocycles. The van der Waals surface area contributed by atoms with Crippen LogP contribution in [0.15, 0.2) is 0 Å². The van der Waals surface area contributed by atoms with Gasteiger partial charge in [0.25, 0.3) is 0 Å². The van der Waals surface area contributed by atoms with E-state index in [2.05, 4.69) is 0 Å². The second-order valence-corrected chi connectivity index (χ2v) is 3.31. The topological polar surface area (TPSA) is 72.6 Å². The summed E-state index contributed by atoms with van der Waals surface area (Å²) in [6.45, 7) is 2.71. The zero-order chi connectivity index (χ0) is 10.6. The van der Waals surface area contributed by atoms with Crippen LogP contribution in [0.3, 0.4) is 0 Å². The number of amides is 1. The van der Waals surface area contributed by atoms with Gasteiger partial charge in [-0.25, -0.2) is 0 Å². The monoisotopic (exact) mass is 200 g/mol. The first kappa shape index (κ1) is 11.0. The van der Waals surface area contributed by atoms with Gasteiger partial charge in [0.2, 0.25) is 5.91 Å². The van der Waals surface area contributed by atoms with Crippen molar-refractivity contribution in [3.8, 4) is 0 Å². The quantitative estimate of drug-likeness (QED) is 0.623. The van der Waals surface area contributed by atoms with Crippen molar-refractivity contribution in [2.75, 3.05) is 19.7 Å². The van der Waals surface area contributed by atoms with Crippen molar-refractivity contribution in [3.05, 3.63) is 0 Å². The standard InChI is InChI=1S/C9H16N2O3/c1-2-14-8(12)6-11-5-3-4-7(10)9(11)13/h7H,2-6,10H2,1H3/t7-/m0/s1. The lowest BCUT2D eigenvalue weighted by atomic mass is 10.1. The lowest BCUT2D eigenvalue weighted by molar-refractivity contribution is -0.150. The molecule has 0 radical (unpaired) electrons. The molecule has 0 bridgehead atoms. The largest absolute Gasteiger partial charge is 0.465 e. The van der Waals surface area contributed by atoms with Gasteiger partial charge in [-0.05, 0) is 19.8 Å². The molecule has 1 amide bonds. The number of rotatable bonds is 3. The molecule has 0 aromatic rings. The van der Waals surface area contributed by atoms with E-state index in [0.717, 1.165) is 6.42 Å². The van der Waals surface area contributed by atoms with Gasteiger partial charge < -0.3 is 15.4 Å². The molecule has 0 aliphatic carbocycles. The van der Waals surface area contributed by atoms with Crippen molar-refractivity contribution in [2.24, 2.45) is 5.73 Å². The van der Waals surface area contributed by atoms with Crippen LogP contribution in [0.4, 0.5) is 0 Å². The summed E-state index contributed by atoms with van der Waals surface area (Å²) < 4.78 is 4.75. The average molecular weight is 200 g/mol. The summed E-state index contributed by atoms with van der Waals surface area (Å²) in [4.78, 5) is 24.0. The first-order chi connectivity index (χ1) is 6.65. The molecule has 14 heavy (non-hydrogen) atoms. The van der Waals surface area contributed by atoms with Crippen molar-refractivity contribution < 1.29 is 14.3 Å². The Balaban J connectivity index is 2.43. The Morgan fingerprint density at radius 2 is 2.43 bits per heavy atom. The Morgan fingerprint density at radius 3 is 3.07 bits per heavy atom. The van der Waals surface area contributed by atoms with Gasteiger partial charge in [-0.1, -0.05) is 0 Å². The van der Waals surface area contributed by atoms with E-state index in [0.29, 0.717) is 19.6 Å². The maximum atomic E-state index is 11.5. The normalized spacial score (nSPS) is 22.3. The summed E-state index contributed by atoms with van der Waals surface area (Å²) in [6, 6.07) is -0.446. The zero-order valence-corrected chi connectivity index (χ0v) is 8.36. The number of nitrogens with zero attached hydrogens (tertiary/aromatic N) is 1. The van der Waals surface area contributed by atoms with E-state index in [4.69, 9.17) is 10.5 Å². The van der Waals surface area contributed by atoms with Crippen LogP contribution in [0, 0.1) is 0 Å². The Hall–Kier alpha value is -1.10. The lowest BCUT2D eigenvalue weighted by Crippen LogP contribution is -2.50. The van der Waals surface area contributed by atoms with Crippen LogP contribution >= 0.6 is 0 Å². The van der Waals surface area contributed by atoms with E-state index in [-0.39, 0.29) is 18.4 Å². The molecule has 1 atom stereocenters. The lowest BCUT2D eigenvalue weighted by Gasteiger charge is -2.29. The van der Waals surface area contributed by atoms with Crippen molar-refractivity contribution >= 4 is 11.9 Å². The summed E-state index contributed by atoms with van der Waals surface area (Å²) in [5.74, 6) is -0.515. The SMILES string of the molecule is CCOC(=O)CN1CCC[C@H](N)C1=O. The second kappa shape index (κ2) is 4.95. The maximum Gasteiger partial charge on any atom is 0.325 e. The first-order valence-corrected chi connectivity index (χ1v) is 4.85. The number of piperidine rings is 1. The maximum absolute atomic E-state index is 11.5. The van der Waals surface area contributed by atoms with E-state index in [1.54, 1.807) is 6.92 Å². The van der Waals surface area contributed by atoms with Crippen molar-refractivity contribution in [3.63, 3.8) is 0 Å². The fourth-order valence-corrected chi connectivity index (χ4v) is 1.49. The highest BCUT2D eigenvalue weighted by Crippen LogP contribution is 2.09. The summed E-state index contributed by atoms with van der Waals surface area (Å²) in [7, 11) is 0. The predicted octanol–water partition coefficient (Wildman–Crippen LogP) is -0.501. The molecular weight excluding hydrogens is 184 g/mol. The Bertz CT molecular complexity index is 230. The van der Waals surface area contributed by atoms with Gasteiger partial charge in [0.05, 0.1) is 12.6 Å². The van der Waals surface area contributed by atoms with E-state index in [1.165, 1.54) is 4.90 Å². The number of carbonyl (C=O) groups is 2. The molecule has 0 aromatic carbocycles. The molecule has 0 aromatic heterocycles. The van der Waals surface area contributed by atoms with E-state index < -0.39 is 6.04 Å². The number of hydrogen-bond donors (Lipinski definition) is 1. The molecule has 1 saturated heterocycles. The van der Waals surface area contributed by atoms with E-state index in [9.17, 15) is 9.59 Å². The molecule has 1 aliphatic heterocycles. The molecule has 0 unspecified atom stereocenters. The number of esters is 1. The third kappa shape index (κ3) is 2.70. The summed E-state index contributed by atoms with van der Waals surface area (Å²) in [5.41, 5.74) is 5.58. The van der Waals surface area contributed by atoms with Gasteiger partial charge in [0.1, 0.15) is 6.54 Å². The average Bonchev–Trinajstić information content (AvgIpc) is 2.13. The van der Waals surface area contributed by atoms with Gasteiger partial charge in [-0.3, -0.25) is 9.59 Å². The number of carbonyl (C=O) groups excluding carboxylic acids is 2.